The summed E-state index contributed by atoms with van der Waals surface area (Å²) in [5.74, 6) is 2.14. The third kappa shape index (κ3) is 4.64. The SMILES string of the molecule is O=C(Nc1ccc(-c2ccno2)cc1)C1CCN(C(=O)c2ccc(-c3noc(C4CC4)n3)cc2)CC1. The number of piperidine rings is 1. The number of likely N-dealkylation sites (tertiary alicyclic amines) is 1. The third-order valence-electron chi connectivity index (χ3n) is 6.79. The van der Waals surface area contributed by atoms with E-state index in [9.17, 15) is 9.59 Å². The Balaban J connectivity index is 1.02. The van der Waals surface area contributed by atoms with Crippen molar-refractivity contribution in [1.82, 2.24) is 20.2 Å². The molecule has 1 aliphatic carbocycles. The van der Waals surface area contributed by atoms with Gasteiger partial charge in [-0.05, 0) is 62.1 Å². The van der Waals surface area contributed by atoms with E-state index in [-0.39, 0.29) is 17.7 Å². The lowest BCUT2D eigenvalue weighted by Crippen LogP contribution is -2.41. The van der Waals surface area contributed by atoms with Crippen LogP contribution >= 0.6 is 0 Å². The molecule has 9 heteroatoms. The zero-order valence-electron chi connectivity index (χ0n) is 19.6. The fourth-order valence-corrected chi connectivity index (χ4v) is 4.46. The number of nitrogens with one attached hydrogen (secondary N) is 1. The summed E-state index contributed by atoms with van der Waals surface area (Å²) < 4.78 is 10.5. The number of carbonyl (C=O) groups is 2. The van der Waals surface area contributed by atoms with Gasteiger partial charge in [0, 0.05) is 53.4 Å². The lowest BCUT2D eigenvalue weighted by atomic mass is 9.95. The molecule has 3 heterocycles. The van der Waals surface area contributed by atoms with Crippen molar-refractivity contribution in [3.8, 4) is 22.7 Å². The Hall–Kier alpha value is -4.27. The van der Waals surface area contributed by atoms with Gasteiger partial charge in [0.15, 0.2) is 5.76 Å². The van der Waals surface area contributed by atoms with Crippen molar-refractivity contribution in [2.75, 3.05) is 18.4 Å². The van der Waals surface area contributed by atoms with Crippen molar-refractivity contribution in [3.05, 3.63) is 72.2 Å². The predicted molar refractivity (Wildman–Crippen MR) is 131 cm³/mol. The van der Waals surface area contributed by atoms with Crippen LogP contribution in [0.1, 0.15) is 47.8 Å². The van der Waals surface area contributed by atoms with Gasteiger partial charge in [-0.2, -0.15) is 4.98 Å². The smallest absolute Gasteiger partial charge is 0.253 e. The minimum absolute atomic E-state index is 0.0236. The first-order valence-electron chi connectivity index (χ1n) is 12.2. The maximum absolute atomic E-state index is 13.0. The van der Waals surface area contributed by atoms with E-state index >= 15 is 0 Å². The zero-order chi connectivity index (χ0) is 24.5. The van der Waals surface area contributed by atoms with E-state index in [0.29, 0.717) is 54.9 Å². The Kier molecular flexibility index (Phi) is 5.80. The number of nitrogens with zero attached hydrogens (tertiary/aromatic N) is 4. The lowest BCUT2D eigenvalue weighted by molar-refractivity contribution is -0.121. The predicted octanol–water partition coefficient (Wildman–Crippen LogP) is 4.76. The number of anilines is 1. The minimum Gasteiger partial charge on any atom is -0.356 e. The first-order valence-corrected chi connectivity index (χ1v) is 12.2. The number of hydrogen-bond donors (Lipinski definition) is 1. The Morgan fingerprint density at radius 3 is 2.25 bits per heavy atom. The highest BCUT2D eigenvalue weighted by Crippen LogP contribution is 2.39. The summed E-state index contributed by atoms with van der Waals surface area (Å²) in [6.45, 7) is 1.08. The van der Waals surface area contributed by atoms with Gasteiger partial charge in [-0.1, -0.05) is 22.4 Å². The van der Waals surface area contributed by atoms with Gasteiger partial charge in [0.05, 0.1) is 6.20 Å². The van der Waals surface area contributed by atoms with Gasteiger partial charge in [-0.25, -0.2) is 0 Å². The first-order chi connectivity index (χ1) is 17.6. The second-order valence-corrected chi connectivity index (χ2v) is 9.32. The van der Waals surface area contributed by atoms with Crippen LogP contribution in [0, 0.1) is 5.92 Å². The summed E-state index contributed by atoms with van der Waals surface area (Å²) in [6, 6.07) is 16.5. The Labute approximate surface area is 207 Å². The normalized spacial score (nSPS) is 16.2. The van der Waals surface area contributed by atoms with E-state index in [2.05, 4.69) is 20.6 Å². The highest BCUT2D eigenvalue weighted by Gasteiger charge is 2.30. The van der Waals surface area contributed by atoms with Gasteiger partial charge in [-0.3, -0.25) is 9.59 Å². The number of amides is 2. The Bertz CT molecular complexity index is 1350. The number of rotatable bonds is 6. The van der Waals surface area contributed by atoms with Gasteiger partial charge in [-0.15, -0.1) is 0 Å². The molecule has 1 aliphatic heterocycles. The molecular formula is C27H25N5O4. The summed E-state index contributed by atoms with van der Waals surface area (Å²) >= 11 is 0. The average molecular weight is 484 g/mol. The maximum Gasteiger partial charge on any atom is 0.253 e. The van der Waals surface area contributed by atoms with Crippen molar-refractivity contribution in [3.63, 3.8) is 0 Å². The number of benzene rings is 2. The summed E-state index contributed by atoms with van der Waals surface area (Å²) in [7, 11) is 0. The molecule has 2 aromatic heterocycles. The van der Waals surface area contributed by atoms with Crippen LogP contribution in [-0.4, -0.2) is 45.1 Å². The van der Waals surface area contributed by atoms with Gasteiger partial charge >= 0.3 is 0 Å². The van der Waals surface area contributed by atoms with Crippen molar-refractivity contribution < 1.29 is 18.6 Å². The van der Waals surface area contributed by atoms with Crippen LogP contribution in [0.4, 0.5) is 5.69 Å². The second kappa shape index (κ2) is 9.41. The highest BCUT2D eigenvalue weighted by atomic mass is 16.5. The average Bonchev–Trinajstić information content (AvgIpc) is 3.40. The van der Waals surface area contributed by atoms with E-state index in [1.165, 1.54) is 0 Å². The molecule has 4 aromatic rings. The monoisotopic (exact) mass is 483 g/mol. The van der Waals surface area contributed by atoms with Crippen molar-refractivity contribution in [2.45, 2.75) is 31.6 Å². The molecule has 2 aromatic carbocycles. The van der Waals surface area contributed by atoms with E-state index in [0.717, 1.165) is 29.7 Å². The molecule has 0 unspecified atom stereocenters. The molecular weight excluding hydrogens is 458 g/mol. The van der Waals surface area contributed by atoms with Crippen molar-refractivity contribution in [2.24, 2.45) is 5.92 Å². The number of aromatic nitrogens is 3. The molecule has 0 radical (unpaired) electrons. The van der Waals surface area contributed by atoms with Gasteiger partial charge in [0.1, 0.15) is 0 Å². The quantitative estimate of drug-likeness (QED) is 0.420. The Morgan fingerprint density at radius 1 is 0.861 bits per heavy atom. The van der Waals surface area contributed by atoms with Crippen LogP contribution in [-0.2, 0) is 4.79 Å². The Morgan fingerprint density at radius 2 is 1.58 bits per heavy atom. The van der Waals surface area contributed by atoms with Crippen LogP contribution in [0.5, 0.6) is 0 Å². The zero-order valence-corrected chi connectivity index (χ0v) is 19.6. The second-order valence-electron chi connectivity index (χ2n) is 9.32. The molecule has 182 valence electrons. The molecule has 9 nitrogen and oxygen atoms in total. The topological polar surface area (TPSA) is 114 Å². The maximum atomic E-state index is 13.0. The molecule has 2 aliphatic rings. The lowest BCUT2D eigenvalue weighted by Gasteiger charge is -2.31. The third-order valence-corrected chi connectivity index (χ3v) is 6.79. The fraction of sp³-hybridized carbons (Fsp3) is 0.296. The summed E-state index contributed by atoms with van der Waals surface area (Å²) in [4.78, 5) is 32.1. The molecule has 2 amide bonds. The molecule has 1 saturated carbocycles. The van der Waals surface area contributed by atoms with Crippen molar-refractivity contribution in [1.29, 1.82) is 0 Å². The molecule has 1 N–H and O–H groups in total. The largest absolute Gasteiger partial charge is 0.356 e. The minimum atomic E-state index is -0.135. The van der Waals surface area contributed by atoms with E-state index in [1.54, 1.807) is 24.4 Å². The van der Waals surface area contributed by atoms with E-state index in [1.807, 2.05) is 41.3 Å². The molecule has 0 atom stereocenters. The van der Waals surface area contributed by atoms with Gasteiger partial charge in [0.2, 0.25) is 17.6 Å². The molecule has 1 saturated heterocycles. The van der Waals surface area contributed by atoms with Crippen LogP contribution in [0.2, 0.25) is 0 Å². The molecule has 36 heavy (non-hydrogen) atoms. The van der Waals surface area contributed by atoms with Crippen LogP contribution < -0.4 is 5.32 Å². The van der Waals surface area contributed by atoms with Crippen molar-refractivity contribution >= 4 is 17.5 Å². The molecule has 6 rings (SSSR count). The van der Waals surface area contributed by atoms with Crippen LogP contribution in [0.3, 0.4) is 0 Å². The summed E-state index contributed by atoms with van der Waals surface area (Å²) in [6.07, 6.45) is 5.05. The van der Waals surface area contributed by atoms with E-state index in [4.69, 9.17) is 9.05 Å². The standard InChI is InChI=1S/C27H25N5O4/c33-25(29-22-9-7-17(8-10-22)23-11-14-28-35-23)19-12-15-32(16-13-19)27(34)21-5-1-18(2-6-21)24-30-26(36-31-24)20-3-4-20/h1-2,5-11,14,19-20H,3-4,12-13,15-16H2,(H,29,33). The van der Waals surface area contributed by atoms with Crippen LogP contribution in [0.15, 0.2) is 69.8 Å². The van der Waals surface area contributed by atoms with Gasteiger partial charge in [0.25, 0.3) is 5.91 Å². The number of hydrogen-bond acceptors (Lipinski definition) is 7. The van der Waals surface area contributed by atoms with Gasteiger partial charge < -0.3 is 19.3 Å². The summed E-state index contributed by atoms with van der Waals surface area (Å²) in [5.41, 5.74) is 3.06. The van der Waals surface area contributed by atoms with Crippen LogP contribution in [0.25, 0.3) is 22.7 Å². The number of carbonyl (C=O) groups excluding carboxylic acids is 2. The molecule has 0 bridgehead atoms. The first kappa shape index (κ1) is 22.2. The molecule has 2 fully saturated rings. The van der Waals surface area contributed by atoms with E-state index < -0.39 is 0 Å². The summed E-state index contributed by atoms with van der Waals surface area (Å²) in [5, 5.41) is 10.8. The highest BCUT2D eigenvalue weighted by molar-refractivity contribution is 5.95. The molecule has 0 spiro atoms. The fourth-order valence-electron chi connectivity index (χ4n) is 4.46.